The van der Waals surface area contributed by atoms with E-state index in [2.05, 4.69) is 40.6 Å². The van der Waals surface area contributed by atoms with Gasteiger partial charge in [-0.1, -0.05) is 60.1 Å². The topological polar surface area (TPSA) is 78.7 Å². The minimum atomic E-state index is -0.121. The second kappa shape index (κ2) is 11.3. The van der Waals surface area contributed by atoms with Crippen molar-refractivity contribution in [2.45, 2.75) is 36.6 Å². The first kappa shape index (κ1) is 24.5. The summed E-state index contributed by atoms with van der Waals surface area (Å²) >= 11 is 9.07. The third-order valence-corrected chi connectivity index (χ3v) is 8.29. The number of carbonyl (C=O) groups excluding carboxylic acids is 1. The van der Waals surface area contributed by atoms with Crippen molar-refractivity contribution < 1.29 is 4.79 Å². The number of fused-ring (bicyclic) bond motifs is 1. The molecule has 0 saturated heterocycles. The first-order valence-electron chi connectivity index (χ1n) is 11.7. The second-order valence-corrected chi connectivity index (χ2v) is 10.9. The number of thiazole rings is 1. The molecule has 0 saturated carbocycles. The average molecular weight is 531 g/mol. The van der Waals surface area contributed by atoms with Crippen LogP contribution in [0.5, 0.6) is 0 Å². The molecule has 2 aromatic carbocycles. The van der Waals surface area contributed by atoms with E-state index < -0.39 is 0 Å². The van der Waals surface area contributed by atoms with E-state index in [9.17, 15) is 10.1 Å². The Bertz CT molecular complexity index is 1430. The summed E-state index contributed by atoms with van der Waals surface area (Å²) in [5.41, 5.74) is 5.73. The van der Waals surface area contributed by atoms with Gasteiger partial charge in [0, 0.05) is 33.8 Å². The Morgan fingerprint density at radius 3 is 2.78 bits per heavy atom. The summed E-state index contributed by atoms with van der Waals surface area (Å²) in [6.45, 7) is 0. The van der Waals surface area contributed by atoms with Gasteiger partial charge in [-0.15, -0.1) is 23.1 Å². The number of halogens is 1. The van der Waals surface area contributed by atoms with Crippen LogP contribution in [0.15, 0.2) is 71.1 Å². The lowest BCUT2D eigenvalue weighted by Crippen LogP contribution is -2.15. The molecule has 0 aliphatic heterocycles. The summed E-state index contributed by atoms with van der Waals surface area (Å²) < 4.78 is 0. The van der Waals surface area contributed by atoms with E-state index in [4.69, 9.17) is 16.6 Å². The molecule has 1 aliphatic carbocycles. The van der Waals surface area contributed by atoms with Crippen LogP contribution in [-0.4, -0.2) is 21.6 Å². The molecule has 2 heterocycles. The molecule has 5 rings (SSSR count). The highest BCUT2D eigenvalue weighted by atomic mass is 35.5. The monoisotopic (exact) mass is 530 g/mol. The summed E-state index contributed by atoms with van der Waals surface area (Å²) in [6.07, 6.45) is 3.14. The van der Waals surface area contributed by atoms with Crippen molar-refractivity contribution in [2.75, 3.05) is 11.1 Å². The summed E-state index contributed by atoms with van der Waals surface area (Å²) in [4.78, 5) is 21.8. The van der Waals surface area contributed by atoms with E-state index in [-0.39, 0.29) is 5.91 Å². The lowest BCUT2D eigenvalue weighted by Gasteiger charge is -2.25. The van der Waals surface area contributed by atoms with E-state index >= 15 is 0 Å². The van der Waals surface area contributed by atoms with E-state index in [0.29, 0.717) is 38.8 Å². The number of aryl methyl sites for hydroxylation is 1. The molecule has 1 aliphatic rings. The van der Waals surface area contributed by atoms with Crippen molar-refractivity contribution in [3.05, 3.63) is 93.5 Å². The first-order valence-corrected chi connectivity index (χ1v) is 14.0. The Morgan fingerprint density at radius 2 is 1.97 bits per heavy atom. The van der Waals surface area contributed by atoms with E-state index in [1.807, 2.05) is 41.8 Å². The molecule has 1 N–H and O–H groups in total. The number of nitrogens with zero attached hydrogens (tertiary/aromatic N) is 3. The maximum absolute atomic E-state index is 12.5. The van der Waals surface area contributed by atoms with Crippen LogP contribution in [0.1, 0.15) is 41.1 Å². The molecule has 0 spiro atoms. The van der Waals surface area contributed by atoms with Crippen molar-refractivity contribution >= 4 is 45.7 Å². The number of pyridine rings is 1. The van der Waals surface area contributed by atoms with Crippen LogP contribution in [-0.2, 0) is 17.6 Å². The number of nitrogens with one attached hydrogen (secondary N) is 1. The highest BCUT2D eigenvalue weighted by Gasteiger charge is 2.23. The Balaban J connectivity index is 1.18. The van der Waals surface area contributed by atoms with Gasteiger partial charge in [0.2, 0.25) is 5.91 Å². The Hall–Kier alpha value is -3.18. The Morgan fingerprint density at radius 1 is 1.17 bits per heavy atom. The van der Waals surface area contributed by atoms with Crippen molar-refractivity contribution in [3.63, 3.8) is 0 Å². The molecule has 5 nitrogen and oxygen atoms in total. The van der Waals surface area contributed by atoms with Crippen molar-refractivity contribution in [3.8, 4) is 17.3 Å². The van der Waals surface area contributed by atoms with Gasteiger partial charge in [0.15, 0.2) is 5.13 Å². The number of hydrogen-bond acceptors (Lipinski definition) is 6. The molecule has 1 unspecified atom stereocenters. The number of nitriles is 1. The van der Waals surface area contributed by atoms with E-state index in [1.165, 1.54) is 28.7 Å². The number of carbonyl (C=O) groups is 1. The summed E-state index contributed by atoms with van der Waals surface area (Å²) in [7, 11) is 0. The fourth-order valence-electron chi connectivity index (χ4n) is 4.39. The van der Waals surface area contributed by atoms with Gasteiger partial charge in [-0.3, -0.25) is 4.79 Å². The smallest absolute Gasteiger partial charge is 0.226 e. The zero-order chi connectivity index (χ0) is 24.9. The molecular formula is C28H23ClN4OS2. The number of thioether (sulfide) groups is 1. The molecule has 8 heteroatoms. The molecule has 4 aromatic rings. The van der Waals surface area contributed by atoms with Crippen LogP contribution in [0.4, 0.5) is 5.13 Å². The molecule has 36 heavy (non-hydrogen) atoms. The molecule has 0 bridgehead atoms. The number of aromatic nitrogens is 2. The predicted octanol–water partition coefficient (Wildman–Crippen LogP) is 7.12. The highest BCUT2D eigenvalue weighted by Crippen LogP contribution is 2.35. The third kappa shape index (κ3) is 5.62. The average Bonchev–Trinajstić information content (AvgIpc) is 3.36. The summed E-state index contributed by atoms with van der Waals surface area (Å²) in [6, 6.07) is 22.3. The third-order valence-electron chi connectivity index (χ3n) is 6.21. The standard InChI is InChI=1S/C28H23ClN4OS2/c29-23-9-5-4-8-22(23)25-17-36-28(32-25)33-26(34)12-13-35-27-21(16-30)15-20-14-19(10-11-24(20)31-27)18-6-2-1-3-7-18/h1-9,15,17,19H,10-14H2,(H,32,33,34). The maximum atomic E-state index is 12.5. The summed E-state index contributed by atoms with van der Waals surface area (Å²) in [5.74, 6) is 0.866. The maximum Gasteiger partial charge on any atom is 0.226 e. The van der Waals surface area contributed by atoms with Gasteiger partial charge in [-0.2, -0.15) is 5.26 Å². The van der Waals surface area contributed by atoms with Crippen LogP contribution < -0.4 is 5.32 Å². The van der Waals surface area contributed by atoms with Gasteiger partial charge in [-0.05, 0) is 48.4 Å². The second-order valence-electron chi connectivity index (χ2n) is 8.57. The zero-order valence-electron chi connectivity index (χ0n) is 19.4. The molecule has 0 fully saturated rings. The Kier molecular flexibility index (Phi) is 7.66. The molecule has 2 aromatic heterocycles. The highest BCUT2D eigenvalue weighted by molar-refractivity contribution is 7.99. The van der Waals surface area contributed by atoms with Gasteiger partial charge in [-0.25, -0.2) is 9.97 Å². The lowest BCUT2D eigenvalue weighted by molar-refractivity contribution is -0.115. The number of hydrogen-bond donors (Lipinski definition) is 1. The fraction of sp³-hybridized carbons (Fsp3) is 0.214. The molecule has 1 atom stereocenters. The Labute approximate surface area is 223 Å². The van der Waals surface area contributed by atoms with Crippen LogP contribution >= 0.6 is 34.7 Å². The van der Waals surface area contributed by atoms with Crippen molar-refractivity contribution in [1.29, 1.82) is 5.26 Å². The minimum Gasteiger partial charge on any atom is -0.302 e. The van der Waals surface area contributed by atoms with Gasteiger partial charge < -0.3 is 5.32 Å². The molecule has 1 amide bonds. The molecule has 0 radical (unpaired) electrons. The number of anilines is 1. The van der Waals surface area contributed by atoms with Gasteiger partial charge in [0.1, 0.15) is 11.1 Å². The number of rotatable bonds is 7. The first-order chi connectivity index (χ1) is 17.6. The molecular weight excluding hydrogens is 508 g/mol. The SMILES string of the molecule is N#Cc1cc2c(nc1SCCC(=O)Nc1nc(-c3ccccc3Cl)cs1)CCC(c1ccccc1)C2. The quantitative estimate of drug-likeness (QED) is 0.257. The van der Waals surface area contributed by atoms with E-state index in [0.717, 1.165) is 41.8 Å². The van der Waals surface area contributed by atoms with Gasteiger partial charge in [0.25, 0.3) is 0 Å². The minimum absolute atomic E-state index is 0.121. The van der Waals surface area contributed by atoms with Crippen molar-refractivity contribution in [1.82, 2.24) is 9.97 Å². The largest absolute Gasteiger partial charge is 0.302 e. The normalized spacial score (nSPS) is 14.6. The van der Waals surface area contributed by atoms with Crippen LogP contribution in [0.25, 0.3) is 11.3 Å². The molecule has 180 valence electrons. The predicted molar refractivity (Wildman–Crippen MR) is 147 cm³/mol. The fourth-order valence-corrected chi connectivity index (χ4v) is 6.27. The van der Waals surface area contributed by atoms with Crippen molar-refractivity contribution in [2.24, 2.45) is 0 Å². The van der Waals surface area contributed by atoms with Gasteiger partial charge in [0.05, 0.1) is 11.3 Å². The zero-order valence-corrected chi connectivity index (χ0v) is 21.8. The number of benzene rings is 2. The van der Waals surface area contributed by atoms with Gasteiger partial charge >= 0.3 is 0 Å². The number of amides is 1. The van der Waals surface area contributed by atoms with Crippen LogP contribution in [0, 0.1) is 11.3 Å². The summed E-state index contributed by atoms with van der Waals surface area (Å²) in [5, 5.41) is 16.3. The lowest BCUT2D eigenvalue weighted by atomic mass is 9.82. The van der Waals surface area contributed by atoms with E-state index in [1.54, 1.807) is 0 Å². The van der Waals surface area contributed by atoms with Crippen LogP contribution in [0.2, 0.25) is 5.02 Å². The van der Waals surface area contributed by atoms with Crippen LogP contribution in [0.3, 0.4) is 0 Å².